The van der Waals surface area contributed by atoms with Crippen molar-refractivity contribution in [3.8, 4) is 17.5 Å². The number of benzene rings is 1. The number of piperidine rings is 1. The van der Waals surface area contributed by atoms with Crippen LogP contribution in [0.15, 0.2) is 41.6 Å². The van der Waals surface area contributed by atoms with Gasteiger partial charge in [0.2, 0.25) is 11.8 Å². The number of hydrogen-bond acceptors (Lipinski definition) is 8. The maximum Gasteiger partial charge on any atom is 0.407 e. The Morgan fingerprint density at radius 2 is 1.91 bits per heavy atom. The molecule has 3 amide bonds. The van der Waals surface area contributed by atoms with Crippen molar-refractivity contribution in [2.45, 2.75) is 45.8 Å². The number of likely N-dealkylation sites (tertiary alicyclic amines) is 1. The number of carboxylic acid groups (broad SMARTS) is 1. The van der Waals surface area contributed by atoms with Crippen LogP contribution in [0.25, 0.3) is 6.08 Å². The summed E-state index contributed by atoms with van der Waals surface area (Å²) in [7, 11) is 0. The predicted molar refractivity (Wildman–Crippen MR) is 129 cm³/mol. The van der Waals surface area contributed by atoms with Gasteiger partial charge < -0.3 is 19.5 Å². The summed E-state index contributed by atoms with van der Waals surface area (Å²) in [6, 6.07) is 8.41. The molecule has 0 spiro atoms. The lowest BCUT2D eigenvalue weighted by atomic mass is 9.80. The van der Waals surface area contributed by atoms with Gasteiger partial charge in [-0.3, -0.25) is 14.9 Å². The minimum absolute atomic E-state index is 0.170. The summed E-state index contributed by atoms with van der Waals surface area (Å²) < 4.78 is 11.9. The number of carbonyl (C=O) groups is 3. The highest BCUT2D eigenvalue weighted by Gasteiger charge is 2.39. The third-order valence-electron chi connectivity index (χ3n) is 5.75. The number of amides is 3. The summed E-state index contributed by atoms with van der Waals surface area (Å²) in [5.41, 5.74) is 0.524. The first-order valence-corrected chi connectivity index (χ1v) is 11.9. The van der Waals surface area contributed by atoms with E-state index < -0.39 is 12.0 Å². The Morgan fingerprint density at radius 1 is 1.20 bits per heavy atom. The first-order chi connectivity index (χ1) is 16.6. The fraction of sp³-hybridized carbons (Fsp3) is 0.375. The molecule has 2 fully saturated rings. The Morgan fingerprint density at radius 3 is 2.54 bits per heavy atom. The van der Waals surface area contributed by atoms with Gasteiger partial charge in [0.05, 0.1) is 11.0 Å². The molecule has 0 bridgehead atoms. The topological polar surface area (TPSA) is 131 Å². The molecule has 11 heteroatoms. The second kappa shape index (κ2) is 9.95. The van der Waals surface area contributed by atoms with Crippen LogP contribution in [0, 0.1) is 5.41 Å². The van der Waals surface area contributed by atoms with E-state index in [0.29, 0.717) is 41.8 Å². The van der Waals surface area contributed by atoms with Crippen LogP contribution in [0.3, 0.4) is 0 Å². The SMILES string of the molecule is CC(C)(C)C1CC(Oc2cc(Oc3ccc(/C=C4\SC(=O)NC4=O)cc3)ncn2)CCN1C(=O)O. The highest BCUT2D eigenvalue weighted by molar-refractivity contribution is 8.18. The van der Waals surface area contributed by atoms with E-state index in [0.717, 1.165) is 17.3 Å². The van der Waals surface area contributed by atoms with Gasteiger partial charge in [-0.2, -0.15) is 0 Å². The maximum atomic E-state index is 11.7. The molecule has 184 valence electrons. The van der Waals surface area contributed by atoms with Crippen LogP contribution in [-0.2, 0) is 4.79 Å². The van der Waals surface area contributed by atoms with Gasteiger partial charge in [-0.15, -0.1) is 0 Å². The number of nitrogens with zero attached hydrogens (tertiary/aromatic N) is 3. The monoisotopic (exact) mass is 498 g/mol. The van der Waals surface area contributed by atoms with Gasteiger partial charge in [-0.25, -0.2) is 14.8 Å². The van der Waals surface area contributed by atoms with Crippen LogP contribution >= 0.6 is 11.8 Å². The molecule has 2 aliphatic heterocycles. The zero-order valence-corrected chi connectivity index (χ0v) is 20.4. The summed E-state index contributed by atoms with van der Waals surface area (Å²) in [6.45, 7) is 6.47. The molecule has 2 saturated heterocycles. The maximum absolute atomic E-state index is 11.7. The van der Waals surface area contributed by atoms with Gasteiger partial charge in [-0.1, -0.05) is 32.9 Å². The van der Waals surface area contributed by atoms with Crippen molar-refractivity contribution >= 4 is 35.1 Å². The van der Waals surface area contributed by atoms with Gasteiger partial charge in [0.1, 0.15) is 18.2 Å². The highest BCUT2D eigenvalue weighted by Crippen LogP contribution is 2.34. The molecule has 0 saturated carbocycles. The molecule has 0 radical (unpaired) electrons. The van der Waals surface area contributed by atoms with Crippen LogP contribution in [0.1, 0.15) is 39.2 Å². The van der Waals surface area contributed by atoms with Crippen molar-refractivity contribution < 1.29 is 29.0 Å². The molecule has 2 unspecified atom stereocenters. The van der Waals surface area contributed by atoms with Crippen LogP contribution in [0.5, 0.6) is 17.5 Å². The minimum Gasteiger partial charge on any atom is -0.474 e. The van der Waals surface area contributed by atoms with Gasteiger partial charge in [0.25, 0.3) is 11.1 Å². The van der Waals surface area contributed by atoms with E-state index in [1.807, 2.05) is 20.8 Å². The highest BCUT2D eigenvalue weighted by atomic mass is 32.2. The van der Waals surface area contributed by atoms with Gasteiger partial charge in [0, 0.05) is 25.4 Å². The van der Waals surface area contributed by atoms with Gasteiger partial charge >= 0.3 is 6.09 Å². The molecule has 2 aliphatic rings. The van der Waals surface area contributed by atoms with Crippen LogP contribution in [-0.4, -0.2) is 55.9 Å². The number of rotatable bonds is 5. The van der Waals surface area contributed by atoms with E-state index >= 15 is 0 Å². The first-order valence-electron chi connectivity index (χ1n) is 11.1. The van der Waals surface area contributed by atoms with Gasteiger partial charge in [-0.05, 0) is 40.9 Å². The third-order valence-corrected chi connectivity index (χ3v) is 6.56. The second-order valence-corrected chi connectivity index (χ2v) is 10.4. The Balaban J connectivity index is 1.40. The van der Waals surface area contributed by atoms with Gasteiger partial charge in [0.15, 0.2) is 0 Å². The summed E-state index contributed by atoms with van der Waals surface area (Å²) in [5, 5.41) is 11.4. The molecule has 0 aliphatic carbocycles. The number of carbonyl (C=O) groups excluding carboxylic acids is 2. The quantitative estimate of drug-likeness (QED) is 0.571. The van der Waals surface area contributed by atoms with Crippen LogP contribution in [0.2, 0.25) is 0 Å². The number of ether oxygens (including phenoxy) is 2. The second-order valence-electron chi connectivity index (χ2n) is 9.34. The van der Waals surface area contributed by atoms with Crippen molar-refractivity contribution in [3.05, 3.63) is 47.1 Å². The van der Waals surface area contributed by atoms with E-state index in [1.165, 1.54) is 11.2 Å². The van der Waals surface area contributed by atoms with Crippen LogP contribution < -0.4 is 14.8 Å². The van der Waals surface area contributed by atoms with Crippen LogP contribution in [0.4, 0.5) is 9.59 Å². The standard InChI is InChI=1S/C24H26N4O6S/c1-24(2,3)18-11-16(8-9-28(18)23(31)32)34-20-12-19(25-13-26-20)33-15-6-4-14(5-7-15)10-17-21(29)27-22(30)35-17/h4-7,10,12-13,16,18H,8-9,11H2,1-3H3,(H,31,32)(H,27,29,30)/b17-10-. The molecule has 3 heterocycles. The molecule has 1 aromatic carbocycles. The summed E-state index contributed by atoms with van der Waals surface area (Å²) >= 11 is 0.862. The Labute approximate surface area is 206 Å². The molecule has 1 aromatic heterocycles. The van der Waals surface area contributed by atoms with Crippen molar-refractivity contribution in [1.82, 2.24) is 20.2 Å². The number of aromatic nitrogens is 2. The number of hydrogen-bond donors (Lipinski definition) is 2. The molecule has 2 aromatic rings. The fourth-order valence-corrected chi connectivity index (χ4v) is 4.71. The van der Waals surface area contributed by atoms with E-state index in [1.54, 1.807) is 36.4 Å². The summed E-state index contributed by atoms with van der Waals surface area (Å²) in [6.07, 6.45) is 3.02. The van der Waals surface area contributed by atoms with Crippen molar-refractivity contribution in [1.29, 1.82) is 0 Å². The molecule has 2 atom stereocenters. The lowest BCUT2D eigenvalue weighted by Crippen LogP contribution is -2.53. The molecule has 4 rings (SSSR count). The predicted octanol–water partition coefficient (Wildman–Crippen LogP) is 4.53. The van der Waals surface area contributed by atoms with E-state index in [9.17, 15) is 19.5 Å². The number of imide groups is 1. The summed E-state index contributed by atoms with van der Waals surface area (Å²) in [4.78, 5) is 44.8. The van der Waals surface area contributed by atoms with Crippen molar-refractivity contribution in [3.63, 3.8) is 0 Å². The number of thioether (sulfide) groups is 1. The Kier molecular flexibility index (Phi) is 6.97. The zero-order valence-electron chi connectivity index (χ0n) is 19.6. The summed E-state index contributed by atoms with van der Waals surface area (Å²) in [5.74, 6) is 0.773. The largest absolute Gasteiger partial charge is 0.474 e. The average Bonchev–Trinajstić information content (AvgIpc) is 3.11. The smallest absolute Gasteiger partial charge is 0.407 e. The molecular weight excluding hydrogens is 472 g/mol. The van der Waals surface area contributed by atoms with E-state index in [-0.39, 0.29) is 22.8 Å². The third kappa shape index (κ3) is 6.10. The zero-order chi connectivity index (χ0) is 25.2. The lowest BCUT2D eigenvalue weighted by molar-refractivity contribution is -0.115. The first kappa shape index (κ1) is 24.5. The minimum atomic E-state index is -0.915. The molecular formula is C24H26N4O6S. The van der Waals surface area contributed by atoms with Crippen molar-refractivity contribution in [2.75, 3.05) is 6.54 Å². The van der Waals surface area contributed by atoms with E-state index in [2.05, 4.69) is 15.3 Å². The molecule has 2 N–H and O–H groups in total. The number of nitrogens with one attached hydrogen (secondary N) is 1. The van der Waals surface area contributed by atoms with E-state index in [4.69, 9.17) is 9.47 Å². The fourth-order valence-electron chi connectivity index (χ4n) is 4.03. The Hall–Kier alpha value is -3.60. The lowest BCUT2D eigenvalue weighted by Gasteiger charge is -2.44. The Bertz CT molecular complexity index is 1160. The molecule has 35 heavy (non-hydrogen) atoms. The average molecular weight is 499 g/mol. The normalized spacial score (nSPS) is 21.7. The van der Waals surface area contributed by atoms with Crippen molar-refractivity contribution in [2.24, 2.45) is 5.41 Å². The molecule has 10 nitrogen and oxygen atoms in total.